The number of hydrogen-bond acceptors (Lipinski definition) is 6. The second-order valence-corrected chi connectivity index (χ2v) is 8.07. The predicted octanol–water partition coefficient (Wildman–Crippen LogP) is 5.45. The van der Waals surface area contributed by atoms with E-state index in [0.29, 0.717) is 23.9 Å². The Bertz CT molecular complexity index is 1120. The maximum absolute atomic E-state index is 13.1. The van der Waals surface area contributed by atoms with E-state index in [1.165, 1.54) is 18.5 Å². The van der Waals surface area contributed by atoms with Crippen molar-refractivity contribution < 1.29 is 13.2 Å². The van der Waals surface area contributed by atoms with Gasteiger partial charge in [-0.15, -0.1) is 0 Å². The van der Waals surface area contributed by atoms with Crippen molar-refractivity contribution in [3.05, 3.63) is 64.4 Å². The van der Waals surface area contributed by atoms with Crippen molar-refractivity contribution in [3.8, 4) is 0 Å². The molecule has 1 saturated heterocycles. The first-order valence-corrected chi connectivity index (χ1v) is 10.5. The minimum absolute atomic E-state index is 0.170. The summed E-state index contributed by atoms with van der Waals surface area (Å²) in [5.41, 5.74) is 6.80. The van der Waals surface area contributed by atoms with E-state index in [9.17, 15) is 13.2 Å². The average molecular weight is 483 g/mol. The maximum Gasteiger partial charge on any atom is 0.417 e. The smallest absolute Gasteiger partial charge is 0.393 e. The highest BCUT2D eigenvalue weighted by molar-refractivity contribution is 6.31. The number of nitrogens with zero attached hydrogens (tertiary/aromatic N) is 4. The summed E-state index contributed by atoms with van der Waals surface area (Å²) in [4.78, 5) is 12.6. The Labute approximate surface area is 192 Å². The highest BCUT2D eigenvalue weighted by Crippen LogP contribution is 2.37. The van der Waals surface area contributed by atoms with Crippen LogP contribution in [0.2, 0.25) is 10.0 Å². The number of nitrogens with two attached hydrogens (primary N) is 1. The van der Waals surface area contributed by atoms with Gasteiger partial charge in [-0.25, -0.2) is 9.97 Å². The lowest BCUT2D eigenvalue weighted by atomic mass is 10.2. The second kappa shape index (κ2) is 8.91. The number of nitrogen functional groups attached to an aromatic ring is 1. The van der Waals surface area contributed by atoms with Crippen molar-refractivity contribution in [1.82, 2.24) is 9.97 Å². The van der Waals surface area contributed by atoms with E-state index in [2.05, 4.69) is 20.2 Å². The van der Waals surface area contributed by atoms with Crippen LogP contribution in [0.4, 0.5) is 41.9 Å². The molecule has 6 nitrogen and oxygen atoms in total. The Morgan fingerprint density at radius 3 is 2.34 bits per heavy atom. The molecule has 1 aliphatic rings. The third-order valence-electron chi connectivity index (χ3n) is 5.15. The molecular formula is C21H19Cl2F3N6. The lowest BCUT2D eigenvalue weighted by Gasteiger charge is -2.37. The molecule has 1 fully saturated rings. The molecule has 11 heteroatoms. The summed E-state index contributed by atoms with van der Waals surface area (Å²) < 4.78 is 39.4. The standard InChI is InChI=1S/C21H19Cl2F3N6/c22-13-2-1-3-15(10-13)31-6-8-32(9-7-31)20-18(27)19(28-12-29-20)30-14-4-5-17(23)16(11-14)21(24,25)26/h1-5,10-12H,6-9,27H2,(H,28,29,30). The molecule has 0 radical (unpaired) electrons. The number of alkyl halides is 3. The molecule has 2 heterocycles. The lowest BCUT2D eigenvalue weighted by molar-refractivity contribution is -0.137. The van der Waals surface area contributed by atoms with Gasteiger partial charge in [0.2, 0.25) is 0 Å². The van der Waals surface area contributed by atoms with Gasteiger partial charge in [-0.3, -0.25) is 0 Å². The van der Waals surface area contributed by atoms with Gasteiger partial charge in [0, 0.05) is 42.6 Å². The fourth-order valence-electron chi connectivity index (χ4n) is 3.54. The van der Waals surface area contributed by atoms with Gasteiger partial charge >= 0.3 is 6.18 Å². The van der Waals surface area contributed by atoms with Crippen molar-refractivity contribution in [2.24, 2.45) is 0 Å². The highest BCUT2D eigenvalue weighted by atomic mass is 35.5. The van der Waals surface area contributed by atoms with Crippen LogP contribution in [0, 0.1) is 0 Å². The third-order valence-corrected chi connectivity index (χ3v) is 5.71. The molecule has 168 valence electrons. The molecule has 0 amide bonds. The molecule has 2 aromatic carbocycles. The zero-order chi connectivity index (χ0) is 22.9. The summed E-state index contributed by atoms with van der Waals surface area (Å²) in [6.45, 7) is 2.79. The number of benzene rings is 2. The number of halogens is 5. The summed E-state index contributed by atoms with van der Waals surface area (Å²) in [6, 6.07) is 11.2. The van der Waals surface area contributed by atoms with Crippen LogP contribution >= 0.6 is 23.2 Å². The van der Waals surface area contributed by atoms with E-state index < -0.39 is 11.7 Å². The Hall–Kier alpha value is -2.91. The summed E-state index contributed by atoms with van der Waals surface area (Å²) in [7, 11) is 0. The quantitative estimate of drug-likeness (QED) is 0.514. The Morgan fingerprint density at radius 1 is 0.938 bits per heavy atom. The first-order chi connectivity index (χ1) is 15.2. The van der Waals surface area contributed by atoms with Crippen molar-refractivity contribution in [2.75, 3.05) is 47.0 Å². The van der Waals surface area contributed by atoms with Crippen molar-refractivity contribution in [2.45, 2.75) is 6.18 Å². The molecule has 0 atom stereocenters. The molecule has 1 aliphatic heterocycles. The molecule has 0 unspecified atom stereocenters. The normalized spacial score (nSPS) is 14.5. The number of aromatic nitrogens is 2. The van der Waals surface area contributed by atoms with Crippen molar-refractivity contribution >= 4 is 51.9 Å². The monoisotopic (exact) mass is 482 g/mol. The fourth-order valence-corrected chi connectivity index (χ4v) is 3.95. The number of hydrogen-bond donors (Lipinski definition) is 2. The predicted molar refractivity (Wildman–Crippen MR) is 122 cm³/mol. The van der Waals surface area contributed by atoms with Crippen LogP contribution in [0.3, 0.4) is 0 Å². The van der Waals surface area contributed by atoms with E-state index >= 15 is 0 Å². The molecule has 4 rings (SSSR count). The highest BCUT2D eigenvalue weighted by Gasteiger charge is 2.33. The molecule has 32 heavy (non-hydrogen) atoms. The van der Waals surface area contributed by atoms with Crippen molar-refractivity contribution in [3.63, 3.8) is 0 Å². The summed E-state index contributed by atoms with van der Waals surface area (Å²) in [5, 5.41) is 3.15. The van der Waals surface area contributed by atoms with Gasteiger partial charge in [-0.05, 0) is 36.4 Å². The first kappa shape index (κ1) is 22.3. The third kappa shape index (κ3) is 4.78. The molecule has 3 N–H and O–H groups in total. The van der Waals surface area contributed by atoms with E-state index in [1.54, 1.807) is 0 Å². The van der Waals surface area contributed by atoms with E-state index in [1.807, 2.05) is 29.2 Å². The topological polar surface area (TPSA) is 70.3 Å². The van der Waals surface area contributed by atoms with Crippen LogP contribution in [0.15, 0.2) is 48.8 Å². The van der Waals surface area contributed by atoms with Crippen LogP contribution in [0.1, 0.15) is 5.56 Å². The van der Waals surface area contributed by atoms with Crippen LogP contribution in [0.5, 0.6) is 0 Å². The molecular weight excluding hydrogens is 464 g/mol. The number of nitrogens with one attached hydrogen (secondary N) is 1. The minimum atomic E-state index is -4.57. The zero-order valence-corrected chi connectivity index (χ0v) is 18.2. The Balaban J connectivity index is 1.50. The van der Waals surface area contributed by atoms with Gasteiger partial charge in [0.25, 0.3) is 0 Å². The number of anilines is 5. The SMILES string of the molecule is Nc1c(Nc2ccc(Cl)c(C(F)(F)F)c2)ncnc1N1CCN(c2cccc(Cl)c2)CC1. The summed E-state index contributed by atoms with van der Waals surface area (Å²) in [5.74, 6) is 0.751. The van der Waals surface area contributed by atoms with Crippen LogP contribution < -0.4 is 20.9 Å². The fraction of sp³-hybridized carbons (Fsp3) is 0.238. The van der Waals surface area contributed by atoms with Gasteiger partial charge in [0.1, 0.15) is 12.0 Å². The minimum Gasteiger partial charge on any atom is -0.393 e. The van der Waals surface area contributed by atoms with E-state index in [-0.39, 0.29) is 22.2 Å². The van der Waals surface area contributed by atoms with Crippen LogP contribution in [0.25, 0.3) is 0 Å². The van der Waals surface area contributed by atoms with Crippen LogP contribution in [-0.2, 0) is 6.18 Å². The van der Waals surface area contributed by atoms with Crippen molar-refractivity contribution in [1.29, 1.82) is 0 Å². The van der Waals surface area contributed by atoms with Gasteiger partial charge in [-0.1, -0.05) is 29.3 Å². The molecule has 0 spiro atoms. The van der Waals surface area contributed by atoms with E-state index in [4.69, 9.17) is 28.9 Å². The largest absolute Gasteiger partial charge is 0.417 e. The van der Waals surface area contributed by atoms with Crippen LogP contribution in [-0.4, -0.2) is 36.1 Å². The molecule has 0 aliphatic carbocycles. The Kier molecular flexibility index (Phi) is 6.21. The second-order valence-electron chi connectivity index (χ2n) is 7.23. The zero-order valence-electron chi connectivity index (χ0n) is 16.7. The number of rotatable bonds is 4. The summed E-state index contributed by atoms with van der Waals surface area (Å²) in [6.07, 6.45) is -3.24. The van der Waals surface area contributed by atoms with E-state index in [0.717, 1.165) is 24.8 Å². The number of piperazine rings is 1. The molecule has 0 bridgehead atoms. The van der Waals surface area contributed by atoms with Gasteiger partial charge in [0.15, 0.2) is 11.6 Å². The van der Waals surface area contributed by atoms with Gasteiger partial charge in [-0.2, -0.15) is 13.2 Å². The summed E-state index contributed by atoms with van der Waals surface area (Å²) >= 11 is 11.8. The maximum atomic E-state index is 13.1. The average Bonchev–Trinajstić information content (AvgIpc) is 2.76. The Morgan fingerprint density at radius 2 is 1.66 bits per heavy atom. The van der Waals surface area contributed by atoms with Gasteiger partial charge < -0.3 is 20.9 Å². The lowest BCUT2D eigenvalue weighted by Crippen LogP contribution is -2.47. The molecule has 0 saturated carbocycles. The van der Waals surface area contributed by atoms with Gasteiger partial charge in [0.05, 0.1) is 10.6 Å². The first-order valence-electron chi connectivity index (χ1n) is 9.72. The molecule has 3 aromatic rings. The molecule has 1 aromatic heterocycles.